The fraction of sp³-hybridized carbons (Fsp3) is 0. The molecule has 0 aliphatic heterocycles. The van der Waals surface area contributed by atoms with Crippen LogP contribution in [-0.2, 0) is 0 Å². The van der Waals surface area contributed by atoms with E-state index < -0.39 is 23.3 Å². The zero-order valence-electron chi connectivity index (χ0n) is 8.85. The van der Waals surface area contributed by atoms with Gasteiger partial charge < -0.3 is 11.1 Å². The molecule has 0 atom stereocenters. The van der Waals surface area contributed by atoms with Crippen molar-refractivity contribution in [2.24, 2.45) is 0 Å². The Bertz CT molecular complexity index is 604. The maximum absolute atomic E-state index is 13.4. The van der Waals surface area contributed by atoms with Crippen LogP contribution in [0.15, 0.2) is 24.3 Å². The molecule has 0 unspecified atom stereocenters. The van der Waals surface area contributed by atoms with Gasteiger partial charge >= 0.3 is 0 Å². The number of hydrogen-bond donors (Lipinski definition) is 2. The van der Waals surface area contributed by atoms with E-state index in [1.807, 2.05) is 0 Å². The average molecular weight is 274 g/mol. The van der Waals surface area contributed by atoms with Crippen LogP contribution >= 0.6 is 11.6 Å². The van der Waals surface area contributed by atoms with Crippen LogP contribution < -0.4 is 11.1 Å². The Labute approximate surface area is 105 Å². The van der Waals surface area contributed by atoms with Crippen LogP contribution in [0, 0.1) is 17.5 Å². The molecule has 0 bridgehead atoms. The minimum Gasteiger partial charge on any atom is -0.381 e. The minimum absolute atomic E-state index is 0.129. The molecule has 0 amide bonds. The first-order valence-corrected chi connectivity index (χ1v) is 5.19. The van der Waals surface area contributed by atoms with Gasteiger partial charge in [0.25, 0.3) is 0 Å². The smallest absolute Gasteiger partial charge is 0.169 e. The number of nitrogens with one attached hydrogen (secondary N) is 1. The molecule has 1 aromatic heterocycles. The van der Waals surface area contributed by atoms with Gasteiger partial charge in [-0.1, -0.05) is 11.6 Å². The first kappa shape index (κ1) is 12.5. The van der Waals surface area contributed by atoms with E-state index in [4.69, 9.17) is 17.3 Å². The molecule has 0 saturated heterocycles. The van der Waals surface area contributed by atoms with Crippen molar-refractivity contribution in [2.75, 3.05) is 11.1 Å². The molecular weight excluding hydrogens is 267 g/mol. The molecule has 7 heteroatoms. The molecule has 0 aliphatic carbocycles. The predicted molar refractivity (Wildman–Crippen MR) is 63.3 cm³/mol. The highest BCUT2D eigenvalue weighted by atomic mass is 35.5. The van der Waals surface area contributed by atoms with Crippen molar-refractivity contribution in [2.45, 2.75) is 0 Å². The second-order valence-corrected chi connectivity index (χ2v) is 3.85. The van der Waals surface area contributed by atoms with Crippen LogP contribution in [0.25, 0.3) is 0 Å². The third kappa shape index (κ3) is 2.48. The van der Waals surface area contributed by atoms with Gasteiger partial charge in [-0.2, -0.15) is 0 Å². The predicted octanol–water partition coefficient (Wildman–Crippen LogP) is 3.48. The highest BCUT2D eigenvalue weighted by Crippen LogP contribution is 2.24. The Morgan fingerprint density at radius 2 is 1.78 bits per heavy atom. The Morgan fingerprint density at radius 1 is 1.06 bits per heavy atom. The van der Waals surface area contributed by atoms with Gasteiger partial charge in [0.05, 0.1) is 5.02 Å². The number of benzene rings is 1. The molecular formula is C11H7ClF3N3. The van der Waals surface area contributed by atoms with E-state index in [1.165, 1.54) is 12.1 Å². The van der Waals surface area contributed by atoms with Crippen molar-refractivity contribution >= 4 is 28.9 Å². The van der Waals surface area contributed by atoms with Crippen LogP contribution in [0.4, 0.5) is 30.5 Å². The van der Waals surface area contributed by atoms with Gasteiger partial charge in [-0.3, -0.25) is 0 Å². The molecule has 1 aromatic carbocycles. The number of aromatic nitrogens is 1. The molecule has 0 spiro atoms. The maximum Gasteiger partial charge on any atom is 0.169 e. The summed E-state index contributed by atoms with van der Waals surface area (Å²) in [5.74, 6) is -3.17. The summed E-state index contributed by atoms with van der Waals surface area (Å²) in [6.07, 6.45) is 0. The normalized spacial score (nSPS) is 10.4. The van der Waals surface area contributed by atoms with E-state index in [2.05, 4.69) is 10.3 Å². The van der Waals surface area contributed by atoms with Gasteiger partial charge in [0.1, 0.15) is 5.82 Å². The van der Waals surface area contributed by atoms with Gasteiger partial charge in [0.2, 0.25) is 0 Å². The topological polar surface area (TPSA) is 50.9 Å². The first-order valence-electron chi connectivity index (χ1n) is 4.81. The fourth-order valence-electron chi connectivity index (χ4n) is 1.28. The van der Waals surface area contributed by atoms with Crippen LogP contribution in [-0.4, -0.2) is 4.98 Å². The van der Waals surface area contributed by atoms with Crippen molar-refractivity contribution in [3.63, 3.8) is 0 Å². The number of nitrogens with two attached hydrogens (primary N) is 1. The van der Waals surface area contributed by atoms with Crippen LogP contribution in [0.3, 0.4) is 0 Å². The van der Waals surface area contributed by atoms with Crippen molar-refractivity contribution in [3.8, 4) is 0 Å². The number of pyridine rings is 1. The SMILES string of the molecule is Nc1nc(Nc2ccc(F)c(Cl)c2)c(F)cc1F. The summed E-state index contributed by atoms with van der Waals surface area (Å²) < 4.78 is 39.2. The van der Waals surface area contributed by atoms with Crippen molar-refractivity contribution in [3.05, 3.63) is 46.7 Å². The molecule has 0 aliphatic rings. The van der Waals surface area contributed by atoms with Crippen molar-refractivity contribution < 1.29 is 13.2 Å². The van der Waals surface area contributed by atoms with Gasteiger partial charge in [-0.05, 0) is 18.2 Å². The first-order chi connectivity index (χ1) is 8.47. The van der Waals surface area contributed by atoms with E-state index in [9.17, 15) is 13.2 Å². The molecule has 3 N–H and O–H groups in total. The van der Waals surface area contributed by atoms with E-state index in [0.29, 0.717) is 11.8 Å². The standard InChI is InChI=1S/C11H7ClF3N3/c12-6-3-5(1-2-7(6)13)17-11-9(15)4-8(14)10(16)18-11/h1-4H,(H3,16,17,18). The lowest BCUT2D eigenvalue weighted by atomic mass is 10.3. The van der Waals surface area contributed by atoms with Crippen LogP contribution in [0.1, 0.15) is 0 Å². The Morgan fingerprint density at radius 3 is 2.44 bits per heavy atom. The number of nitrogen functional groups attached to an aromatic ring is 1. The summed E-state index contributed by atoms with van der Waals surface area (Å²) in [5, 5.41) is 2.40. The minimum atomic E-state index is -0.949. The van der Waals surface area contributed by atoms with Crippen LogP contribution in [0.5, 0.6) is 0 Å². The molecule has 0 radical (unpaired) electrons. The number of rotatable bonds is 2. The average Bonchev–Trinajstić information content (AvgIpc) is 2.31. The fourth-order valence-corrected chi connectivity index (χ4v) is 1.46. The molecule has 18 heavy (non-hydrogen) atoms. The van der Waals surface area contributed by atoms with E-state index in [0.717, 1.165) is 6.07 Å². The zero-order chi connectivity index (χ0) is 13.3. The number of nitrogens with zero attached hydrogens (tertiary/aromatic N) is 1. The lowest BCUT2D eigenvalue weighted by Gasteiger charge is -2.08. The van der Waals surface area contributed by atoms with E-state index in [-0.39, 0.29) is 10.8 Å². The Balaban J connectivity index is 2.34. The molecule has 94 valence electrons. The molecule has 3 nitrogen and oxygen atoms in total. The molecule has 0 fully saturated rings. The summed E-state index contributed by atoms with van der Waals surface area (Å²) in [6, 6.07) is 4.30. The third-order valence-corrected chi connectivity index (χ3v) is 2.43. The quantitative estimate of drug-likeness (QED) is 0.881. The summed E-state index contributed by atoms with van der Waals surface area (Å²) in [4.78, 5) is 3.50. The van der Waals surface area contributed by atoms with Crippen molar-refractivity contribution in [1.29, 1.82) is 0 Å². The number of halogens is 4. The zero-order valence-corrected chi connectivity index (χ0v) is 9.60. The lowest BCUT2D eigenvalue weighted by molar-refractivity contribution is 0.581. The second kappa shape index (κ2) is 4.73. The monoisotopic (exact) mass is 273 g/mol. The summed E-state index contributed by atoms with van der Waals surface area (Å²) in [7, 11) is 0. The van der Waals surface area contributed by atoms with Gasteiger partial charge in [0, 0.05) is 11.8 Å². The Hall–Kier alpha value is -1.95. The van der Waals surface area contributed by atoms with Crippen molar-refractivity contribution in [1.82, 2.24) is 4.98 Å². The second-order valence-electron chi connectivity index (χ2n) is 3.44. The lowest BCUT2D eigenvalue weighted by Crippen LogP contribution is -2.03. The third-order valence-electron chi connectivity index (χ3n) is 2.14. The number of hydrogen-bond acceptors (Lipinski definition) is 3. The molecule has 0 saturated carbocycles. The maximum atomic E-state index is 13.4. The summed E-state index contributed by atoms with van der Waals surface area (Å²) >= 11 is 5.56. The Kier molecular flexibility index (Phi) is 3.29. The summed E-state index contributed by atoms with van der Waals surface area (Å²) in [5.41, 5.74) is 5.52. The highest BCUT2D eigenvalue weighted by molar-refractivity contribution is 6.31. The van der Waals surface area contributed by atoms with Gasteiger partial charge in [-0.25, -0.2) is 18.2 Å². The van der Waals surface area contributed by atoms with Gasteiger partial charge in [0.15, 0.2) is 23.3 Å². The van der Waals surface area contributed by atoms with E-state index in [1.54, 1.807) is 0 Å². The van der Waals surface area contributed by atoms with E-state index >= 15 is 0 Å². The van der Waals surface area contributed by atoms with Crippen LogP contribution in [0.2, 0.25) is 5.02 Å². The molecule has 2 aromatic rings. The highest BCUT2D eigenvalue weighted by Gasteiger charge is 2.10. The molecule has 2 rings (SSSR count). The largest absolute Gasteiger partial charge is 0.381 e. The number of anilines is 3. The van der Waals surface area contributed by atoms with Gasteiger partial charge in [-0.15, -0.1) is 0 Å². The molecule has 1 heterocycles. The summed E-state index contributed by atoms with van der Waals surface area (Å²) in [6.45, 7) is 0.